The van der Waals surface area contributed by atoms with E-state index >= 15 is 0 Å². The Labute approximate surface area is 125 Å². The first-order chi connectivity index (χ1) is 8.86. The molecule has 0 aliphatic rings. The Morgan fingerprint density at radius 1 is 1.32 bits per heavy atom. The molecule has 0 aliphatic carbocycles. The van der Waals surface area contributed by atoms with Crippen molar-refractivity contribution < 1.29 is 8.42 Å². The monoisotopic (exact) mass is 347 g/mol. The van der Waals surface area contributed by atoms with Gasteiger partial charge >= 0.3 is 0 Å². The highest BCUT2D eigenvalue weighted by Gasteiger charge is 2.15. The summed E-state index contributed by atoms with van der Waals surface area (Å²) in [7, 11) is -3.37. The molecule has 1 aromatic carbocycles. The molecule has 1 unspecified atom stereocenters. The number of nitrogens with one attached hydrogen (secondary N) is 1. The summed E-state index contributed by atoms with van der Waals surface area (Å²) in [4.78, 5) is 0.381. The van der Waals surface area contributed by atoms with Gasteiger partial charge in [-0.25, -0.2) is 13.1 Å². The van der Waals surface area contributed by atoms with E-state index in [0.29, 0.717) is 17.4 Å². The molecule has 0 aromatic heterocycles. The summed E-state index contributed by atoms with van der Waals surface area (Å²) >= 11 is 3.42. The molecule has 108 valence electrons. The second-order valence-electron chi connectivity index (χ2n) is 5.07. The first kappa shape index (κ1) is 16.7. The summed E-state index contributed by atoms with van der Waals surface area (Å²) in [6.45, 7) is 6.42. The SMILES string of the molecule is Cc1ccc(S(=O)(=O)NCCCC(C)CBr)c(C)c1. The van der Waals surface area contributed by atoms with Gasteiger partial charge in [0.2, 0.25) is 10.0 Å². The van der Waals surface area contributed by atoms with E-state index in [1.165, 1.54) is 0 Å². The molecule has 1 rings (SSSR count). The zero-order valence-corrected chi connectivity index (χ0v) is 14.1. The zero-order valence-electron chi connectivity index (χ0n) is 11.7. The van der Waals surface area contributed by atoms with Crippen LogP contribution in [-0.4, -0.2) is 20.3 Å². The molecule has 0 heterocycles. The Hall–Kier alpha value is -0.390. The van der Waals surface area contributed by atoms with Crippen molar-refractivity contribution in [1.82, 2.24) is 4.72 Å². The molecule has 3 nitrogen and oxygen atoms in total. The number of halogens is 1. The van der Waals surface area contributed by atoms with E-state index < -0.39 is 10.0 Å². The number of hydrogen-bond donors (Lipinski definition) is 1. The van der Waals surface area contributed by atoms with Crippen LogP contribution in [0, 0.1) is 19.8 Å². The molecular weight excluding hydrogens is 326 g/mol. The normalized spacial score (nSPS) is 13.5. The van der Waals surface area contributed by atoms with Crippen molar-refractivity contribution >= 4 is 26.0 Å². The van der Waals surface area contributed by atoms with E-state index in [-0.39, 0.29) is 0 Å². The minimum absolute atomic E-state index is 0.381. The zero-order chi connectivity index (χ0) is 14.5. The van der Waals surface area contributed by atoms with Gasteiger partial charge in [-0.15, -0.1) is 0 Å². The van der Waals surface area contributed by atoms with Crippen molar-refractivity contribution in [1.29, 1.82) is 0 Å². The molecule has 19 heavy (non-hydrogen) atoms. The Balaban J connectivity index is 2.61. The van der Waals surface area contributed by atoms with Crippen LogP contribution in [0.1, 0.15) is 30.9 Å². The molecule has 1 atom stereocenters. The van der Waals surface area contributed by atoms with Crippen LogP contribution in [-0.2, 0) is 10.0 Å². The fourth-order valence-electron chi connectivity index (χ4n) is 1.91. The van der Waals surface area contributed by atoms with Crippen molar-refractivity contribution in [2.24, 2.45) is 5.92 Å². The molecular formula is C14H22BrNO2S. The third kappa shape index (κ3) is 5.24. The highest BCUT2D eigenvalue weighted by Crippen LogP contribution is 2.16. The van der Waals surface area contributed by atoms with Crippen LogP contribution >= 0.6 is 15.9 Å². The third-order valence-corrected chi connectivity index (χ3v) is 5.78. The predicted octanol–water partition coefficient (Wildman–Crippen LogP) is 3.39. The summed E-state index contributed by atoms with van der Waals surface area (Å²) in [5, 5.41) is 0.955. The van der Waals surface area contributed by atoms with E-state index in [0.717, 1.165) is 29.3 Å². The van der Waals surface area contributed by atoms with Crippen molar-refractivity contribution in [3.8, 4) is 0 Å². The minimum atomic E-state index is -3.37. The molecule has 0 bridgehead atoms. The van der Waals surface area contributed by atoms with Gasteiger partial charge in [0.05, 0.1) is 4.90 Å². The lowest BCUT2D eigenvalue weighted by Gasteiger charge is -2.11. The summed E-state index contributed by atoms with van der Waals surface area (Å²) < 4.78 is 27.0. The number of alkyl halides is 1. The van der Waals surface area contributed by atoms with Gasteiger partial charge in [-0.2, -0.15) is 0 Å². The fourth-order valence-corrected chi connectivity index (χ4v) is 3.54. The number of aryl methyl sites for hydroxylation is 2. The number of hydrogen-bond acceptors (Lipinski definition) is 2. The molecule has 0 radical (unpaired) electrons. The lowest BCUT2D eigenvalue weighted by atomic mass is 10.1. The average molecular weight is 348 g/mol. The van der Waals surface area contributed by atoms with Gasteiger partial charge in [0.1, 0.15) is 0 Å². The first-order valence-electron chi connectivity index (χ1n) is 6.49. The van der Waals surface area contributed by atoms with Gasteiger partial charge in [-0.05, 0) is 44.2 Å². The van der Waals surface area contributed by atoms with Gasteiger partial charge in [-0.3, -0.25) is 0 Å². The van der Waals surface area contributed by atoms with Crippen LogP contribution < -0.4 is 4.72 Å². The number of sulfonamides is 1. The lowest BCUT2D eigenvalue weighted by molar-refractivity contribution is 0.546. The maximum Gasteiger partial charge on any atom is 0.240 e. The van der Waals surface area contributed by atoms with Crippen molar-refractivity contribution in [2.75, 3.05) is 11.9 Å². The van der Waals surface area contributed by atoms with Crippen LogP contribution in [0.25, 0.3) is 0 Å². The van der Waals surface area contributed by atoms with E-state index in [4.69, 9.17) is 0 Å². The molecule has 0 aliphatic heterocycles. The molecule has 0 spiro atoms. The predicted molar refractivity (Wildman–Crippen MR) is 83.3 cm³/mol. The molecule has 1 aromatic rings. The van der Waals surface area contributed by atoms with Crippen LogP contribution in [0.4, 0.5) is 0 Å². The smallest absolute Gasteiger partial charge is 0.211 e. The van der Waals surface area contributed by atoms with Gasteiger partial charge in [0.25, 0.3) is 0 Å². The second-order valence-corrected chi connectivity index (χ2v) is 7.45. The maximum atomic E-state index is 12.2. The summed E-state index contributed by atoms with van der Waals surface area (Å²) in [5.41, 5.74) is 1.86. The van der Waals surface area contributed by atoms with E-state index in [1.54, 1.807) is 6.07 Å². The Morgan fingerprint density at radius 2 is 2.00 bits per heavy atom. The van der Waals surface area contributed by atoms with Crippen molar-refractivity contribution in [2.45, 2.75) is 38.5 Å². The third-order valence-electron chi connectivity index (χ3n) is 3.05. The van der Waals surface area contributed by atoms with Gasteiger partial charge in [0, 0.05) is 11.9 Å². The summed E-state index contributed by atoms with van der Waals surface area (Å²) in [6, 6.07) is 5.39. The van der Waals surface area contributed by atoms with E-state index in [9.17, 15) is 8.42 Å². The molecule has 1 N–H and O–H groups in total. The van der Waals surface area contributed by atoms with Gasteiger partial charge in [0.15, 0.2) is 0 Å². The topological polar surface area (TPSA) is 46.2 Å². The van der Waals surface area contributed by atoms with Crippen LogP contribution in [0.3, 0.4) is 0 Å². The highest BCUT2D eigenvalue weighted by molar-refractivity contribution is 9.09. The molecule has 5 heteroatoms. The molecule has 0 amide bonds. The van der Waals surface area contributed by atoms with E-state index in [1.807, 2.05) is 26.0 Å². The summed E-state index contributed by atoms with van der Waals surface area (Å²) in [5.74, 6) is 0.575. The average Bonchev–Trinajstić information content (AvgIpc) is 2.33. The Kier molecular flexibility index (Phi) is 6.50. The summed E-state index contributed by atoms with van der Waals surface area (Å²) in [6.07, 6.45) is 1.87. The Bertz CT molecular complexity index is 514. The molecule has 0 saturated heterocycles. The fraction of sp³-hybridized carbons (Fsp3) is 0.571. The number of benzene rings is 1. The van der Waals surface area contributed by atoms with Crippen LogP contribution in [0.15, 0.2) is 23.1 Å². The first-order valence-corrected chi connectivity index (χ1v) is 9.10. The Morgan fingerprint density at radius 3 is 2.58 bits per heavy atom. The van der Waals surface area contributed by atoms with Crippen LogP contribution in [0.2, 0.25) is 0 Å². The largest absolute Gasteiger partial charge is 0.240 e. The minimum Gasteiger partial charge on any atom is -0.211 e. The lowest BCUT2D eigenvalue weighted by Crippen LogP contribution is -2.25. The maximum absolute atomic E-state index is 12.2. The molecule has 0 fully saturated rings. The molecule has 0 saturated carbocycles. The standard InChI is InChI=1S/C14H22BrNO2S/c1-11-6-7-14(13(3)9-11)19(17,18)16-8-4-5-12(2)10-15/h6-7,9,12,16H,4-5,8,10H2,1-3H3. The second kappa shape index (κ2) is 7.41. The highest BCUT2D eigenvalue weighted by atomic mass is 79.9. The van der Waals surface area contributed by atoms with Gasteiger partial charge < -0.3 is 0 Å². The quantitative estimate of drug-likeness (QED) is 0.606. The van der Waals surface area contributed by atoms with Crippen molar-refractivity contribution in [3.05, 3.63) is 29.3 Å². The van der Waals surface area contributed by atoms with E-state index in [2.05, 4.69) is 27.6 Å². The van der Waals surface area contributed by atoms with Gasteiger partial charge in [-0.1, -0.05) is 40.5 Å². The van der Waals surface area contributed by atoms with Crippen molar-refractivity contribution in [3.63, 3.8) is 0 Å². The number of rotatable bonds is 7. The van der Waals surface area contributed by atoms with Crippen LogP contribution in [0.5, 0.6) is 0 Å².